The number of unbranched alkanes of at least 4 members (excludes halogenated alkanes) is 1. The van der Waals surface area contributed by atoms with Gasteiger partial charge in [-0.15, -0.1) is 5.10 Å². The van der Waals surface area contributed by atoms with Gasteiger partial charge in [-0.25, -0.2) is 0 Å². The molecule has 2 aliphatic rings. The maximum absolute atomic E-state index is 14.0. The second-order valence-electron chi connectivity index (χ2n) is 7.16. The average Bonchev–Trinajstić information content (AvgIpc) is 3.19. The van der Waals surface area contributed by atoms with Crippen LogP contribution in [0.5, 0.6) is 5.88 Å². The first kappa shape index (κ1) is 18.1. The van der Waals surface area contributed by atoms with Crippen molar-refractivity contribution < 1.29 is 9.53 Å². The molecule has 2 aromatic rings. The number of aromatic amines is 1. The van der Waals surface area contributed by atoms with Crippen LogP contribution < -0.4 is 15.4 Å². The lowest BCUT2D eigenvalue weighted by Crippen LogP contribution is -2.46. The molecule has 2 aliphatic heterocycles. The average molecular weight is 377 g/mol. The number of H-pyrrole nitrogens is 1. The van der Waals surface area contributed by atoms with Crippen LogP contribution in [0.4, 0.5) is 5.69 Å². The number of hydrogen-bond donors (Lipinski definition) is 2. The van der Waals surface area contributed by atoms with Gasteiger partial charge in [-0.3, -0.25) is 9.89 Å². The summed E-state index contributed by atoms with van der Waals surface area (Å²) in [5, 5.41) is 17.3. The first-order valence-electron chi connectivity index (χ1n) is 9.68. The number of rotatable bonds is 5. The van der Waals surface area contributed by atoms with Gasteiger partial charge in [-0.2, -0.15) is 5.26 Å². The van der Waals surface area contributed by atoms with Crippen LogP contribution in [0.1, 0.15) is 49.9 Å². The summed E-state index contributed by atoms with van der Waals surface area (Å²) in [5.74, 6) is 0.0513. The van der Waals surface area contributed by atoms with Crippen LogP contribution in [0, 0.1) is 11.3 Å². The molecule has 3 N–H and O–H groups in total. The van der Waals surface area contributed by atoms with E-state index >= 15 is 0 Å². The zero-order valence-electron chi connectivity index (χ0n) is 16.1. The summed E-state index contributed by atoms with van der Waals surface area (Å²) in [6, 6.07) is 9.80. The summed E-state index contributed by atoms with van der Waals surface area (Å²) in [5.41, 5.74) is 7.95. The summed E-state index contributed by atoms with van der Waals surface area (Å²) in [6.07, 6.45) is 3.38. The number of aromatic nitrogens is 2. The number of nitrogens with zero attached hydrogens (tertiary/aromatic N) is 3. The highest BCUT2D eigenvalue weighted by molar-refractivity contribution is 6.14. The summed E-state index contributed by atoms with van der Waals surface area (Å²) in [6.45, 7) is 4.73. The Labute approximate surface area is 163 Å². The number of nitrogens with one attached hydrogen (secondary N) is 1. The molecule has 7 nitrogen and oxygen atoms in total. The van der Waals surface area contributed by atoms with Gasteiger partial charge in [0.25, 0.3) is 0 Å². The number of nitrogens with two attached hydrogens (primary N) is 1. The highest BCUT2D eigenvalue weighted by Crippen LogP contribution is 2.55. The largest absolute Gasteiger partial charge is 0.420 e. The maximum Gasteiger partial charge on any atom is 0.247 e. The number of carbonyl (C=O) groups is 1. The van der Waals surface area contributed by atoms with Gasteiger partial charge in [0.2, 0.25) is 17.7 Å². The van der Waals surface area contributed by atoms with Crippen molar-refractivity contribution in [1.82, 2.24) is 10.2 Å². The Morgan fingerprint density at radius 3 is 2.82 bits per heavy atom. The molecule has 1 amide bonds. The van der Waals surface area contributed by atoms with Gasteiger partial charge in [-0.1, -0.05) is 44.9 Å². The highest BCUT2D eigenvalue weighted by Gasteiger charge is 2.60. The van der Waals surface area contributed by atoms with Crippen LogP contribution in [-0.2, 0) is 16.6 Å². The molecule has 144 valence electrons. The lowest BCUT2D eigenvalue weighted by Gasteiger charge is -2.32. The van der Waals surface area contributed by atoms with Crippen molar-refractivity contribution in [3.8, 4) is 11.9 Å². The van der Waals surface area contributed by atoms with Gasteiger partial charge in [0, 0.05) is 23.5 Å². The molecule has 0 unspecified atom stereocenters. The molecule has 1 aromatic heterocycles. The van der Waals surface area contributed by atoms with Crippen LogP contribution in [0.15, 0.2) is 35.7 Å². The molecule has 3 heterocycles. The third kappa shape index (κ3) is 2.21. The number of ether oxygens (including phenoxy) is 1. The van der Waals surface area contributed by atoms with Crippen LogP contribution in [0.2, 0.25) is 0 Å². The predicted molar refractivity (Wildman–Crippen MR) is 105 cm³/mol. The fraction of sp³-hybridized carbons (Fsp3) is 0.381. The number of anilines is 1. The van der Waals surface area contributed by atoms with Gasteiger partial charge in [0.1, 0.15) is 17.1 Å². The van der Waals surface area contributed by atoms with E-state index in [1.54, 1.807) is 4.90 Å². The Hall–Kier alpha value is -3.27. The summed E-state index contributed by atoms with van der Waals surface area (Å²) < 4.78 is 5.65. The Balaban J connectivity index is 2.06. The predicted octanol–water partition coefficient (Wildman–Crippen LogP) is 2.88. The van der Waals surface area contributed by atoms with E-state index in [1.165, 1.54) is 0 Å². The van der Waals surface area contributed by atoms with Crippen molar-refractivity contribution in [2.45, 2.75) is 44.9 Å². The molecule has 0 saturated carbocycles. The molecule has 1 atom stereocenters. The molecule has 0 radical (unpaired) electrons. The van der Waals surface area contributed by atoms with Crippen molar-refractivity contribution in [2.24, 2.45) is 5.73 Å². The molecule has 0 saturated heterocycles. The van der Waals surface area contributed by atoms with E-state index in [9.17, 15) is 10.1 Å². The second-order valence-corrected chi connectivity index (χ2v) is 7.16. The molecule has 1 aromatic carbocycles. The minimum Gasteiger partial charge on any atom is -0.420 e. The van der Waals surface area contributed by atoms with Crippen molar-refractivity contribution in [2.75, 3.05) is 11.4 Å². The Bertz CT molecular complexity index is 1020. The molecule has 0 bridgehead atoms. The minimum atomic E-state index is -1.31. The Morgan fingerprint density at radius 1 is 1.32 bits per heavy atom. The van der Waals surface area contributed by atoms with E-state index in [0.29, 0.717) is 18.5 Å². The van der Waals surface area contributed by atoms with E-state index in [4.69, 9.17) is 10.5 Å². The number of para-hydroxylation sites is 1. The summed E-state index contributed by atoms with van der Waals surface area (Å²) >= 11 is 0. The van der Waals surface area contributed by atoms with Crippen LogP contribution in [0.3, 0.4) is 0 Å². The topological polar surface area (TPSA) is 108 Å². The number of nitriles is 1. The van der Waals surface area contributed by atoms with Gasteiger partial charge >= 0.3 is 0 Å². The third-order valence-corrected chi connectivity index (χ3v) is 5.52. The standard InChI is InChI=1S/C21H23N5O2/c1-3-5-11-26-16-10-7-6-9-13(16)21(20(26)27)14(12-22)18(23)28-19-17(21)15(8-4-2)24-25-19/h6-7,9-10H,3-5,8,11,23H2,1-2H3,(H,24,25)/t21-/m0/s1. The zero-order valence-corrected chi connectivity index (χ0v) is 16.1. The SMILES string of the molecule is CCCCN1C(=O)[C@]2(C(C#N)=C(N)Oc3n[nH]c(CCC)c32)c2ccccc21. The fourth-order valence-corrected chi connectivity index (χ4v) is 4.33. The quantitative estimate of drug-likeness (QED) is 0.833. The molecule has 7 heteroatoms. The first-order valence-corrected chi connectivity index (χ1v) is 9.68. The summed E-state index contributed by atoms with van der Waals surface area (Å²) in [4.78, 5) is 15.7. The fourth-order valence-electron chi connectivity index (χ4n) is 4.33. The Morgan fingerprint density at radius 2 is 2.11 bits per heavy atom. The van der Waals surface area contributed by atoms with Crippen LogP contribution in [0.25, 0.3) is 0 Å². The molecule has 0 aliphatic carbocycles. The number of benzene rings is 1. The van der Waals surface area contributed by atoms with E-state index in [2.05, 4.69) is 30.1 Å². The van der Waals surface area contributed by atoms with Crippen LogP contribution in [-0.4, -0.2) is 22.6 Å². The number of hydrogen-bond acceptors (Lipinski definition) is 5. The smallest absolute Gasteiger partial charge is 0.247 e. The second kappa shape index (κ2) is 6.71. The van der Waals surface area contributed by atoms with E-state index in [-0.39, 0.29) is 23.2 Å². The van der Waals surface area contributed by atoms with Gasteiger partial charge in [0.15, 0.2) is 0 Å². The normalized spacial score (nSPS) is 20.2. The summed E-state index contributed by atoms with van der Waals surface area (Å²) in [7, 11) is 0. The molecule has 1 spiro atoms. The lowest BCUT2D eigenvalue weighted by atomic mass is 9.68. The van der Waals surface area contributed by atoms with E-state index in [0.717, 1.165) is 36.2 Å². The minimum absolute atomic E-state index is 0.0648. The van der Waals surface area contributed by atoms with Crippen LogP contribution >= 0.6 is 0 Å². The Kier molecular flexibility index (Phi) is 4.34. The third-order valence-electron chi connectivity index (χ3n) is 5.52. The van der Waals surface area contributed by atoms with Gasteiger partial charge in [-0.05, 0) is 18.9 Å². The monoisotopic (exact) mass is 377 g/mol. The zero-order chi connectivity index (χ0) is 19.9. The molecular formula is C21H23N5O2. The number of aryl methyl sites for hydroxylation is 1. The number of fused-ring (bicyclic) bond motifs is 4. The molecule has 0 fully saturated rings. The highest BCUT2D eigenvalue weighted by atomic mass is 16.5. The van der Waals surface area contributed by atoms with E-state index in [1.807, 2.05) is 24.3 Å². The lowest BCUT2D eigenvalue weighted by molar-refractivity contribution is -0.121. The first-order chi connectivity index (χ1) is 13.6. The molecular weight excluding hydrogens is 354 g/mol. The van der Waals surface area contributed by atoms with E-state index < -0.39 is 5.41 Å². The molecule has 28 heavy (non-hydrogen) atoms. The number of carbonyl (C=O) groups excluding carboxylic acids is 1. The van der Waals surface area contributed by atoms with Crippen molar-refractivity contribution >= 4 is 11.6 Å². The van der Waals surface area contributed by atoms with Crippen molar-refractivity contribution in [3.63, 3.8) is 0 Å². The van der Waals surface area contributed by atoms with Crippen molar-refractivity contribution in [3.05, 3.63) is 52.5 Å². The molecule has 4 rings (SSSR count). The number of amides is 1. The van der Waals surface area contributed by atoms with Crippen molar-refractivity contribution in [1.29, 1.82) is 5.26 Å². The van der Waals surface area contributed by atoms with Gasteiger partial charge < -0.3 is 15.4 Å². The van der Waals surface area contributed by atoms with Gasteiger partial charge in [0.05, 0.1) is 5.56 Å². The maximum atomic E-state index is 14.0.